The van der Waals surface area contributed by atoms with Crippen LogP contribution in [0.25, 0.3) is 0 Å². The molecule has 1 aromatic heterocycles. The van der Waals surface area contributed by atoms with Crippen molar-refractivity contribution >= 4 is 11.8 Å². The van der Waals surface area contributed by atoms with Gasteiger partial charge in [0.2, 0.25) is 5.95 Å². The Morgan fingerprint density at radius 1 is 1.41 bits per heavy atom. The fourth-order valence-corrected chi connectivity index (χ4v) is 2.38. The fraction of sp³-hybridized carbons (Fsp3) is 0.667. The van der Waals surface area contributed by atoms with Crippen LogP contribution < -0.4 is 10.6 Å². The van der Waals surface area contributed by atoms with Crippen molar-refractivity contribution in [3.8, 4) is 0 Å². The second-order valence-corrected chi connectivity index (χ2v) is 4.62. The molecular formula is C12H19FN4. The molecule has 0 aliphatic heterocycles. The van der Waals surface area contributed by atoms with Crippen LogP contribution in [0.3, 0.4) is 0 Å². The molecule has 2 N–H and O–H groups in total. The maximum Gasteiger partial charge on any atom is 0.224 e. The molecule has 0 aromatic carbocycles. The van der Waals surface area contributed by atoms with E-state index < -0.39 is 5.82 Å². The van der Waals surface area contributed by atoms with Gasteiger partial charge in [0.05, 0.1) is 6.20 Å². The molecular weight excluding hydrogens is 219 g/mol. The molecule has 5 heteroatoms. The summed E-state index contributed by atoms with van der Waals surface area (Å²) in [6.07, 6.45) is 6.21. The third kappa shape index (κ3) is 2.84. The van der Waals surface area contributed by atoms with Gasteiger partial charge >= 0.3 is 0 Å². The second kappa shape index (κ2) is 5.29. The van der Waals surface area contributed by atoms with Crippen molar-refractivity contribution in [1.82, 2.24) is 9.97 Å². The Balaban J connectivity index is 2.06. The van der Waals surface area contributed by atoms with Gasteiger partial charge in [-0.3, -0.25) is 0 Å². The summed E-state index contributed by atoms with van der Waals surface area (Å²) < 4.78 is 13.5. The van der Waals surface area contributed by atoms with Gasteiger partial charge in [0.1, 0.15) is 0 Å². The lowest BCUT2D eigenvalue weighted by Gasteiger charge is -2.21. The molecule has 1 unspecified atom stereocenters. The zero-order chi connectivity index (χ0) is 12.3. The Kier molecular flexibility index (Phi) is 3.76. The van der Waals surface area contributed by atoms with E-state index in [1.807, 2.05) is 0 Å². The fourth-order valence-electron chi connectivity index (χ4n) is 2.38. The van der Waals surface area contributed by atoms with E-state index in [1.165, 1.54) is 31.9 Å². The number of anilines is 2. The number of halogens is 1. The van der Waals surface area contributed by atoms with Gasteiger partial charge in [-0.2, -0.15) is 4.98 Å². The van der Waals surface area contributed by atoms with Gasteiger partial charge in [-0.25, -0.2) is 9.37 Å². The third-order valence-electron chi connectivity index (χ3n) is 3.44. The predicted octanol–water partition coefficient (Wildman–Crippen LogP) is 2.65. The average Bonchev–Trinajstić information content (AvgIpc) is 2.85. The average molecular weight is 238 g/mol. The maximum atomic E-state index is 13.5. The Morgan fingerprint density at radius 3 is 2.76 bits per heavy atom. The van der Waals surface area contributed by atoms with Crippen LogP contribution in [-0.4, -0.2) is 23.1 Å². The molecule has 0 saturated heterocycles. The van der Waals surface area contributed by atoms with E-state index >= 15 is 0 Å². The lowest BCUT2D eigenvalue weighted by atomic mass is 10.00. The minimum Gasteiger partial charge on any atom is -0.365 e. The van der Waals surface area contributed by atoms with Crippen LogP contribution in [-0.2, 0) is 0 Å². The van der Waals surface area contributed by atoms with Crippen molar-refractivity contribution in [2.24, 2.45) is 5.92 Å². The van der Waals surface area contributed by atoms with Gasteiger partial charge in [0.25, 0.3) is 0 Å². The molecule has 1 atom stereocenters. The second-order valence-electron chi connectivity index (χ2n) is 4.62. The summed E-state index contributed by atoms with van der Waals surface area (Å²) in [5.41, 5.74) is 0. The molecule has 2 rings (SSSR count). The highest BCUT2D eigenvalue weighted by atomic mass is 19.1. The Hall–Kier alpha value is -1.39. The molecule has 1 aliphatic carbocycles. The lowest BCUT2D eigenvalue weighted by molar-refractivity contribution is 0.477. The summed E-state index contributed by atoms with van der Waals surface area (Å²) in [6, 6.07) is 0.256. The minimum absolute atomic E-state index is 0.256. The van der Waals surface area contributed by atoms with E-state index in [0.29, 0.717) is 17.7 Å². The van der Waals surface area contributed by atoms with Crippen molar-refractivity contribution in [1.29, 1.82) is 0 Å². The summed E-state index contributed by atoms with van der Waals surface area (Å²) in [7, 11) is 1.72. The molecule has 1 saturated carbocycles. The third-order valence-corrected chi connectivity index (χ3v) is 3.44. The SMILES string of the molecule is CNc1ncc(F)c(NC(C)C2CCCC2)n1. The van der Waals surface area contributed by atoms with Crippen molar-refractivity contribution in [3.63, 3.8) is 0 Å². The van der Waals surface area contributed by atoms with Crippen LogP contribution in [0.15, 0.2) is 6.20 Å². The van der Waals surface area contributed by atoms with Crippen molar-refractivity contribution in [3.05, 3.63) is 12.0 Å². The highest BCUT2D eigenvalue weighted by molar-refractivity contribution is 5.41. The predicted molar refractivity (Wildman–Crippen MR) is 66.6 cm³/mol. The van der Waals surface area contributed by atoms with Gasteiger partial charge in [0, 0.05) is 13.1 Å². The molecule has 0 bridgehead atoms. The topological polar surface area (TPSA) is 49.8 Å². The summed E-state index contributed by atoms with van der Waals surface area (Å²) in [5, 5.41) is 5.97. The van der Waals surface area contributed by atoms with E-state index in [2.05, 4.69) is 27.5 Å². The van der Waals surface area contributed by atoms with Crippen LogP contribution >= 0.6 is 0 Å². The zero-order valence-electron chi connectivity index (χ0n) is 10.3. The Labute approximate surface area is 101 Å². The van der Waals surface area contributed by atoms with Crippen molar-refractivity contribution < 1.29 is 4.39 Å². The van der Waals surface area contributed by atoms with Gasteiger partial charge < -0.3 is 10.6 Å². The number of hydrogen-bond acceptors (Lipinski definition) is 4. The first kappa shape index (κ1) is 12.1. The first-order valence-electron chi connectivity index (χ1n) is 6.17. The van der Waals surface area contributed by atoms with E-state index in [1.54, 1.807) is 7.05 Å². The smallest absolute Gasteiger partial charge is 0.224 e. The molecule has 0 radical (unpaired) electrons. The van der Waals surface area contributed by atoms with Crippen molar-refractivity contribution in [2.75, 3.05) is 17.7 Å². The van der Waals surface area contributed by atoms with E-state index in [9.17, 15) is 4.39 Å². The quantitative estimate of drug-likeness (QED) is 0.846. The van der Waals surface area contributed by atoms with Crippen LogP contribution in [0.1, 0.15) is 32.6 Å². The summed E-state index contributed by atoms with van der Waals surface area (Å²) in [5.74, 6) is 0.965. The Morgan fingerprint density at radius 2 is 2.12 bits per heavy atom. The number of nitrogens with zero attached hydrogens (tertiary/aromatic N) is 2. The first-order chi connectivity index (χ1) is 8.20. The van der Waals surface area contributed by atoms with Crippen LogP contribution in [0.2, 0.25) is 0 Å². The Bertz CT molecular complexity index is 377. The zero-order valence-corrected chi connectivity index (χ0v) is 10.3. The first-order valence-corrected chi connectivity index (χ1v) is 6.17. The number of hydrogen-bond donors (Lipinski definition) is 2. The maximum absolute atomic E-state index is 13.5. The van der Waals surface area contributed by atoms with E-state index in [0.717, 1.165) is 0 Å². The largest absolute Gasteiger partial charge is 0.365 e. The molecule has 1 aliphatic rings. The van der Waals surface area contributed by atoms with Gasteiger partial charge in [-0.05, 0) is 25.7 Å². The van der Waals surface area contributed by atoms with Crippen LogP contribution in [0.5, 0.6) is 0 Å². The summed E-state index contributed by atoms with van der Waals surface area (Å²) >= 11 is 0. The molecule has 1 heterocycles. The summed E-state index contributed by atoms with van der Waals surface area (Å²) in [4.78, 5) is 7.92. The highest BCUT2D eigenvalue weighted by Crippen LogP contribution is 2.29. The monoisotopic (exact) mass is 238 g/mol. The van der Waals surface area contributed by atoms with E-state index in [-0.39, 0.29) is 6.04 Å². The molecule has 1 aromatic rings. The van der Waals surface area contributed by atoms with Crippen molar-refractivity contribution in [2.45, 2.75) is 38.6 Å². The molecule has 0 amide bonds. The number of aromatic nitrogens is 2. The van der Waals surface area contributed by atoms with Gasteiger partial charge in [-0.1, -0.05) is 12.8 Å². The molecule has 17 heavy (non-hydrogen) atoms. The highest BCUT2D eigenvalue weighted by Gasteiger charge is 2.22. The molecule has 94 valence electrons. The molecule has 1 fully saturated rings. The molecule has 0 spiro atoms. The normalized spacial score (nSPS) is 18.1. The van der Waals surface area contributed by atoms with Gasteiger partial charge in [0.15, 0.2) is 11.6 Å². The molecule has 4 nitrogen and oxygen atoms in total. The standard InChI is InChI=1S/C12H19FN4/c1-8(9-5-3-4-6-9)16-11-10(13)7-15-12(14-2)17-11/h7-9H,3-6H2,1-2H3,(H2,14,15,16,17). The summed E-state index contributed by atoms with van der Waals surface area (Å²) in [6.45, 7) is 2.09. The van der Waals surface area contributed by atoms with E-state index in [4.69, 9.17) is 0 Å². The number of nitrogens with one attached hydrogen (secondary N) is 2. The van der Waals surface area contributed by atoms with Crippen LogP contribution in [0.4, 0.5) is 16.2 Å². The minimum atomic E-state index is -0.395. The van der Waals surface area contributed by atoms with Gasteiger partial charge in [-0.15, -0.1) is 0 Å². The lowest BCUT2D eigenvalue weighted by Crippen LogP contribution is -2.25. The number of rotatable bonds is 4. The van der Waals surface area contributed by atoms with Crippen LogP contribution in [0, 0.1) is 11.7 Å².